The predicted molar refractivity (Wildman–Crippen MR) is 44.6 cm³/mol. The molecule has 0 aliphatic heterocycles. The second kappa shape index (κ2) is 3.66. The summed E-state index contributed by atoms with van der Waals surface area (Å²) in [6.07, 6.45) is -1.55. The molecule has 0 radical (unpaired) electrons. The van der Waals surface area contributed by atoms with Gasteiger partial charge >= 0.3 is 0 Å². The Kier molecular flexibility index (Phi) is 2.77. The molecule has 72 valence electrons. The summed E-state index contributed by atoms with van der Waals surface area (Å²) in [5, 5.41) is 0. The van der Waals surface area contributed by atoms with E-state index in [0.717, 1.165) is 6.20 Å². The summed E-state index contributed by atoms with van der Waals surface area (Å²) in [7, 11) is 0. The maximum atomic E-state index is 12.3. The van der Waals surface area contributed by atoms with E-state index < -0.39 is 12.0 Å². The standard InChI is InChI=1S/C8H10F2N2O/c1-4-5(2-11)8(13)12-3-6(4)7(9)10/h3,7H,2,11H2,1H3,(H,12,13). The van der Waals surface area contributed by atoms with Crippen LogP contribution >= 0.6 is 0 Å². The Balaban J connectivity index is 3.36. The first-order valence-corrected chi connectivity index (χ1v) is 3.77. The zero-order chi connectivity index (χ0) is 10.0. The van der Waals surface area contributed by atoms with E-state index in [1.54, 1.807) is 0 Å². The van der Waals surface area contributed by atoms with Gasteiger partial charge in [-0.25, -0.2) is 8.78 Å². The maximum absolute atomic E-state index is 12.3. The molecule has 0 saturated carbocycles. The lowest BCUT2D eigenvalue weighted by Gasteiger charge is -2.07. The molecule has 0 aromatic carbocycles. The summed E-state index contributed by atoms with van der Waals surface area (Å²) >= 11 is 0. The fourth-order valence-electron chi connectivity index (χ4n) is 1.16. The summed E-state index contributed by atoms with van der Waals surface area (Å²) in [6, 6.07) is 0. The fourth-order valence-corrected chi connectivity index (χ4v) is 1.16. The minimum atomic E-state index is -2.58. The number of nitrogens with two attached hydrogens (primary N) is 1. The molecule has 0 atom stereocenters. The Morgan fingerprint density at radius 2 is 2.23 bits per heavy atom. The van der Waals surface area contributed by atoms with Crippen molar-refractivity contribution < 1.29 is 8.78 Å². The SMILES string of the molecule is Cc1c(C(F)F)c[nH]c(=O)c1CN. The van der Waals surface area contributed by atoms with Crippen molar-refractivity contribution in [1.29, 1.82) is 0 Å². The second-order valence-corrected chi connectivity index (χ2v) is 2.68. The third kappa shape index (κ3) is 1.75. The largest absolute Gasteiger partial charge is 0.328 e. The van der Waals surface area contributed by atoms with Crippen LogP contribution in [-0.4, -0.2) is 4.98 Å². The zero-order valence-corrected chi connectivity index (χ0v) is 7.10. The number of H-pyrrole nitrogens is 1. The number of nitrogens with one attached hydrogen (secondary N) is 1. The average molecular weight is 188 g/mol. The van der Waals surface area contributed by atoms with E-state index in [1.165, 1.54) is 6.92 Å². The van der Waals surface area contributed by atoms with Gasteiger partial charge in [0, 0.05) is 23.9 Å². The van der Waals surface area contributed by atoms with Crippen molar-refractivity contribution in [1.82, 2.24) is 4.98 Å². The monoisotopic (exact) mass is 188 g/mol. The Bertz CT molecular complexity index is 360. The molecule has 0 aliphatic carbocycles. The molecular weight excluding hydrogens is 178 g/mol. The van der Waals surface area contributed by atoms with Crippen molar-refractivity contribution in [3.63, 3.8) is 0 Å². The highest BCUT2D eigenvalue weighted by Crippen LogP contribution is 2.21. The molecule has 0 fully saturated rings. The predicted octanol–water partition coefficient (Wildman–Crippen LogP) is 1.08. The van der Waals surface area contributed by atoms with Crippen LogP contribution in [0.5, 0.6) is 0 Å². The Morgan fingerprint density at radius 1 is 1.62 bits per heavy atom. The number of pyridine rings is 1. The summed E-state index contributed by atoms with van der Waals surface area (Å²) in [6.45, 7) is 1.45. The minimum Gasteiger partial charge on any atom is -0.328 e. The molecule has 3 N–H and O–H groups in total. The van der Waals surface area contributed by atoms with Crippen molar-refractivity contribution in [2.45, 2.75) is 19.9 Å². The van der Waals surface area contributed by atoms with Crippen LogP contribution < -0.4 is 11.3 Å². The van der Waals surface area contributed by atoms with Gasteiger partial charge in [0.25, 0.3) is 12.0 Å². The summed E-state index contributed by atoms with van der Waals surface area (Å²) in [4.78, 5) is 13.3. The lowest BCUT2D eigenvalue weighted by Crippen LogP contribution is -2.19. The number of halogens is 2. The molecule has 1 aromatic heterocycles. The molecule has 0 saturated heterocycles. The maximum Gasteiger partial charge on any atom is 0.265 e. The lowest BCUT2D eigenvalue weighted by atomic mass is 10.1. The van der Waals surface area contributed by atoms with Crippen LogP contribution in [0.25, 0.3) is 0 Å². The van der Waals surface area contributed by atoms with Gasteiger partial charge in [-0.1, -0.05) is 0 Å². The van der Waals surface area contributed by atoms with Gasteiger partial charge in [0.05, 0.1) is 0 Å². The molecule has 1 rings (SSSR count). The number of hydrogen-bond donors (Lipinski definition) is 2. The molecule has 1 heterocycles. The van der Waals surface area contributed by atoms with Crippen LogP contribution in [0.1, 0.15) is 23.1 Å². The number of aromatic nitrogens is 1. The van der Waals surface area contributed by atoms with Crippen molar-refractivity contribution in [3.05, 3.63) is 33.2 Å². The summed E-state index contributed by atoms with van der Waals surface area (Å²) < 4.78 is 24.6. The van der Waals surface area contributed by atoms with E-state index >= 15 is 0 Å². The third-order valence-electron chi connectivity index (χ3n) is 1.96. The molecule has 0 aliphatic rings. The smallest absolute Gasteiger partial charge is 0.265 e. The van der Waals surface area contributed by atoms with Crippen LogP contribution in [0.3, 0.4) is 0 Å². The van der Waals surface area contributed by atoms with Gasteiger partial charge in [0.1, 0.15) is 0 Å². The highest BCUT2D eigenvalue weighted by molar-refractivity contribution is 5.31. The molecule has 0 unspecified atom stereocenters. The van der Waals surface area contributed by atoms with E-state index in [-0.39, 0.29) is 23.2 Å². The highest BCUT2D eigenvalue weighted by Gasteiger charge is 2.14. The minimum absolute atomic E-state index is 0.0261. The number of aromatic amines is 1. The van der Waals surface area contributed by atoms with Gasteiger partial charge < -0.3 is 10.7 Å². The number of alkyl halides is 2. The van der Waals surface area contributed by atoms with Crippen molar-refractivity contribution in [2.24, 2.45) is 5.73 Å². The van der Waals surface area contributed by atoms with Crippen LogP contribution in [0, 0.1) is 6.92 Å². The molecule has 0 bridgehead atoms. The first kappa shape index (κ1) is 9.85. The van der Waals surface area contributed by atoms with Gasteiger partial charge in [-0.05, 0) is 12.5 Å². The second-order valence-electron chi connectivity index (χ2n) is 2.68. The van der Waals surface area contributed by atoms with E-state index in [2.05, 4.69) is 4.98 Å². The first-order valence-electron chi connectivity index (χ1n) is 3.77. The topological polar surface area (TPSA) is 58.9 Å². The van der Waals surface area contributed by atoms with Crippen LogP contribution in [0.4, 0.5) is 8.78 Å². The van der Waals surface area contributed by atoms with Crippen LogP contribution in [0.15, 0.2) is 11.0 Å². The normalized spacial score (nSPS) is 10.8. The van der Waals surface area contributed by atoms with Gasteiger partial charge in [0.2, 0.25) is 0 Å². The zero-order valence-electron chi connectivity index (χ0n) is 7.10. The van der Waals surface area contributed by atoms with Gasteiger partial charge in [-0.15, -0.1) is 0 Å². The molecule has 3 nitrogen and oxygen atoms in total. The molecule has 0 spiro atoms. The van der Waals surface area contributed by atoms with E-state index in [9.17, 15) is 13.6 Å². The van der Waals surface area contributed by atoms with Crippen molar-refractivity contribution in [2.75, 3.05) is 0 Å². The summed E-state index contributed by atoms with van der Waals surface area (Å²) in [5.41, 5.74) is 5.19. The average Bonchev–Trinajstić information content (AvgIpc) is 2.04. The van der Waals surface area contributed by atoms with Gasteiger partial charge in [-0.2, -0.15) is 0 Å². The number of hydrogen-bond acceptors (Lipinski definition) is 2. The van der Waals surface area contributed by atoms with Crippen LogP contribution in [0.2, 0.25) is 0 Å². The molecule has 0 amide bonds. The fraction of sp³-hybridized carbons (Fsp3) is 0.375. The van der Waals surface area contributed by atoms with E-state index in [0.29, 0.717) is 0 Å². The lowest BCUT2D eigenvalue weighted by molar-refractivity contribution is 0.150. The molecule has 1 aromatic rings. The molecule has 13 heavy (non-hydrogen) atoms. The first-order chi connectivity index (χ1) is 6.07. The van der Waals surface area contributed by atoms with E-state index in [1.807, 2.05) is 0 Å². The van der Waals surface area contributed by atoms with Crippen LogP contribution in [-0.2, 0) is 6.54 Å². The van der Waals surface area contributed by atoms with Crippen molar-refractivity contribution >= 4 is 0 Å². The molecule has 5 heteroatoms. The quantitative estimate of drug-likeness (QED) is 0.729. The Hall–Kier alpha value is -1.23. The highest BCUT2D eigenvalue weighted by atomic mass is 19.3. The van der Waals surface area contributed by atoms with Crippen molar-refractivity contribution in [3.8, 4) is 0 Å². The third-order valence-corrected chi connectivity index (χ3v) is 1.96. The van der Waals surface area contributed by atoms with E-state index in [4.69, 9.17) is 5.73 Å². The molecular formula is C8H10F2N2O. The Labute approximate surface area is 73.6 Å². The van der Waals surface area contributed by atoms with Gasteiger partial charge in [-0.3, -0.25) is 4.79 Å². The Morgan fingerprint density at radius 3 is 2.69 bits per heavy atom. The number of rotatable bonds is 2. The van der Waals surface area contributed by atoms with Gasteiger partial charge in [0.15, 0.2) is 0 Å². The summed E-state index contributed by atoms with van der Waals surface area (Å²) in [5.74, 6) is 0.